The van der Waals surface area contributed by atoms with E-state index >= 15 is 0 Å². The first kappa shape index (κ1) is 15.9. The zero-order chi connectivity index (χ0) is 15.5. The summed E-state index contributed by atoms with van der Waals surface area (Å²) in [5.41, 5.74) is -0.405. The first-order valence-corrected chi connectivity index (χ1v) is 8.59. The molecular weight excluding hydrogens is 291 g/mol. The lowest BCUT2D eigenvalue weighted by Crippen LogP contribution is -2.37. The molecule has 21 heavy (non-hydrogen) atoms. The summed E-state index contributed by atoms with van der Waals surface area (Å²) in [7, 11) is -2.32. The van der Waals surface area contributed by atoms with Crippen LogP contribution in [0.2, 0.25) is 0 Å². The summed E-state index contributed by atoms with van der Waals surface area (Å²) in [5.74, 6) is -0.798. The van der Waals surface area contributed by atoms with E-state index in [0.29, 0.717) is 0 Å². The van der Waals surface area contributed by atoms with Crippen molar-refractivity contribution < 1.29 is 12.8 Å². The monoisotopic (exact) mass is 310 g/mol. The second-order valence-corrected chi connectivity index (χ2v) is 7.36. The highest BCUT2D eigenvalue weighted by Crippen LogP contribution is 2.27. The Morgan fingerprint density at radius 3 is 2.43 bits per heavy atom. The smallest absolute Gasteiger partial charge is 0.207 e. The second kappa shape index (κ2) is 6.54. The standard InChI is InChI=1S/C15H19FN2O2S/c1-18(12-7-4-2-3-5-8-12)21(19,20)15-10-6-9-14(16)13(15)11-17/h6,9-10,12H,2-5,7-8H2,1H3. The Labute approximate surface area is 125 Å². The van der Waals surface area contributed by atoms with Crippen molar-refractivity contribution in [3.63, 3.8) is 0 Å². The van der Waals surface area contributed by atoms with Crippen molar-refractivity contribution in [3.8, 4) is 6.07 Å². The topological polar surface area (TPSA) is 61.2 Å². The lowest BCUT2D eigenvalue weighted by atomic mass is 10.1. The van der Waals surface area contributed by atoms with Crippen molar-refractivity contribution >= 4 is 10.0 Å². The molecule has 1 fully saturated rings. The van der Waals surface area contributed by atoms with Gasteiger partial charge in [-0.25, -0.2) is 12.8 Å². The summed E-state index contributed by atoms with van der Waals surface area (Å²) in [4.78, 5) is -0.239. The maximum Gasteiger partial charge on any atom is 0.244 e. The van der Waals surface area contributed by atoms with Crippen LogP contribution < -0.4 is 0 Å². The van der Waals surface area contributed by atoms with Gasteiger partial charge in [0.15, 0.2) is 0 Å². The van der Waals surface area contributed by atoms with Gasteiger partial charge in [-0.05, 0) is 25.0 Å². The molecule has 4 nitrogen and oxygen atoms in total. The fraction of sp³-hybridized carbons (Fsp3) is 0.533. The lowest BCUT2D eigenvalue weighted by Gasteiger charge is -2.26. The number of halogens is 1. The van der Waals surface area contributed by atoms with Crippen LogP contribution in [0, 0.1) is 17.1 Å². The highest BCUT2D eigenvalue weighted by Gasteiger charge is 2.31. The summed E-state index contributed by atoms with van der Waals surface area (Å²) in [6.45, 7) is 0. The van der Waals surface area contributed by atoms with Crippen molar-refractivity contribution in [2.75, 3.05) is 7.05 Å². The van der Waals surface area contributed by atoms with E-state index in [-0.39, 0.29) is 10.9 Å². The Kier molecular flexibility index (Phi) is 4.96. The van der Waals surface area contributed by atoms with Crippen LogP contribution in [-0.4, -0.2) is 25.8 Å². The molecule has 1 aromatic rings. The summed E-state index contributed by atoms with van der Waals surface area (Å²) in [5, 5.41) is 9.03. The number of rotatable bonds is 3. The molecule has 0 radical (unpaired) electrons. The maximum absolute atomic E-state index is 13.6. The van der Waals surface area contributed by atoms with Gasteiger partial charge in [0, 0.05) is 13.1 Å². The predicted molar refractivity (Wildman–Crippen MR) is 77.6 cm³/mol. The third kappa shape index (κ3) is 3.25. The Hall–Kier alpha value is -1.45. The van der Waals surface area contributed by atoms with Crippen LogP contribution >= 0.6 is 0 Å². The van der Waals surface area contributed by atoms with E-state index in [4.69, 9.17) is 5.26 Å². The van der Waals surface area contributed by atoms with E-state index in [1.807, 2.05) is 0 Å². The first-order valence-electron chi connectivity index (χ1n) is 7.15. The number of hydrogen-bond donors (Lipinski definition) is 0. The largest absolute Gasteiger partial charge is 0.244 e. The molecule has 1 saturated carbocycles. The van der Waals surface area contributed by atoms with E-state index in [1.165, 1.54) is 23.5 Å². The number of nitrogens with zero attached hydrogens (tertiary/aromatic N) is 2. The van der Waals surface area contributed by atoms with Crippen LogP contribution in [0.4, 0.5) is 4.39 Å². The lowest BCUT2D eigenvalue weighted by molar-refractivity contribution is 0.335. The number of benzene rings is 1. The Morgan fingerprint density at radius 2 is 1.86 bits per heavy atom. The minimum absolute atomic E-state index is 0.0766. The average molecular weight is 310 g/mol. The zero-order valence-electron chi connectivity index (χ0n) is 12.0. The van der Waals surface area contributed by atoms with E-state index in [1.54, 1.807) is 6.07 Å². The van der Waals surface area contributed by atoms with Gasteiger partial charge in [-0.2, -0.15) is 9.57 Å². The summed E-state index contributed by atoms with van der Waals surface area (Å²) in [6.07, 6.45) is 5.86. The fourth-order valence-corrected chi connectivity index (χ4v) is 4.37. The van der Waals surface area contributed by atoms with Crippen molar-refractivity contribution in [1.82, 2.24) is 4.31 Å². The number of hydrogen-bond acceptors (Lipinski definition) is 3. The highest BCUT2D eigenvalue weighted by atomic mass is 32.2. The first-order chi connectivity index (χ1) is 9.98. The van der Waals surface area contributed by atoms with Gasteiger partial charge in [0.05, 0.1) is 0 Å². The van der Waals surface area contributed by atoms with E-state index in [9.17, 15) is 12.8 Å². The molecule has 0 bridgehead atoms. The van der Waals surface area contributed by atoms with E-state index in [0.717, 1.165) is 44.6 Å². The second-order valence-electron chi connectivity index (χ2n) is 5.39. The molecule has 0 aromatic heterocycles. The van der Waals surface area contributed by atoms with Crippen LogP contribution in [0.5, 0.6) is 0 Å². The summed E-state index contributed by atoms with van der Waals surface area (Å²) in [6, 6.07) is 5.30. The van der Waals surface area contributed by atoms with Crippen LogP contribution in [0.25, 0.3) is 0 Å². The average Bonchev–Trinajstić information content (AvgIpc) is 2.75. The maximum atomic E-state index is 13.6. The quantitative estimate of drug-likeness (QED) is 0.806. The molecule has 1 aliphatic rings. The Bertz CT molecular complexity index is 644. The summed E-state index contributed by atoms with van der Waals surface area (Å²) >= 11 is 0. The van der Waals surface area contributed by atoms with Crippen LogP contribution in [0.1, 0.15) is 44.1 Å². The minimum atomic E-state index is -3.85. The van der Waals surface area contributed by atoms with Gasteiger partial charge in [-0.1, -0.05) is 31.7 Å². The third-order valence-corrected chi connectivity index (χ3v) is 6.04. The molecular formula is C15H19FN2O2S. The molecule has 1 aliphatic carbocycles. The Morgan fingerprint density at radius 1 is 1.24 bits per heavy atom. The molecule has 2 rings (SSSR count). The van der Waals surface area contributed by atoms with Crippen molar-refractivity contribution in [1.29, 1.82) is 5.26 Å². The highest BCUT2D eigenvalue weighted by molar-refractivity contribution is 7.89. The normalized spacial score (nSPS) is 17.4. The van der Waals surface area contributed by atoms with Gasteiger partial charge < -0.3 is 0 Å². The molecule has 114 valence electrons. The zero-order valence-corrected chi connectivity index (χ0v) is 12.9. The van der Waals surface area contributed by atoms with E-state index < -0.39 is 21.4 Å². The molecule has 0 atom stereocenters. The van der Waals surface area contributed by atoms with Crippen LogP contribution in [0.3, 0.4) is 0 Å². The molecule has 0 spiro atoms. The fourth-order valence-electron chi connectivity index (χ4n) is 2.80. The Balaban J connectivity index is 2.37. The predicted octanol–water partition coefficient (Wildman–Crippen LogP) is 3.04. The van der Waals surface area contributed by atoms with Crippen LogP contribution in [-0.2, 0) is 10.0 Å². The molecule has 0 amide bonds. The van der Waals surface area contributed by atoms with Crippen molar-refractivity contribution in [2.24, 2.45) is 0 Å². The molecule has 0 aliphatic heterocycles. The van der Waals surface area contributed by atoms with Crippen molar-refractivity contribution in [2.45, 2.75) is 49.5 Å². The molecule has 6 heteroatoms. The van der Waals surface area contributed by atoms with Crippen LogP contribution in [0.15, 0.2) is 23.1 Å². The van der Waals surface area contributed by atoms with Gasteiger partial charge in [0.2, 0.25) is 10.0 Å². The summed E-state index contributed by atoms with van der Waals surface area (Å²) < 4.78 is 40.3. The van der Waals surface area contributed by atoms with Gasteiger partial charge in [0.1, 0.15) is 22.3 Å². The number of nitriles is 1. The third-order valence-electron chi connectivity index (χ3n) is 4.08. The van der Waals surface area contributed by atoms with Gasteiger partial charge in [-0.3, -0.25) is 0 Å². The van der Waals surface area contributed by atoms with Gasteiger partial charge in [0.25, 0.3) is 0 Å². The molecule has 0 unspecified atom stereocenters. The van der Waals surface area contributed by atoms with Gasteiger partial charge in [-0.15, -0.1) is 0 Å². The molecule has 0 heterocycles. The minimum Gasteiger partial charge on any atom is -0.207 e. The van der Waals surface area contributed by atoms with Crippen molar-refractivity contribution in [3.05, 3.63) is 29.6 Å². The molecule has 0 saturated heterocycles. The SMILES string of the molecule is CN(C1CCCCCC1)S(=O)(=O)c1cccc(F)c1C#N. The molecule has 0 N–H and O–H groups in total. The number of sulfonamides is 1. The van der Waals surface area contributed by atoms with Gasteiger partial charge >= 0.3 is 0 Å². The molecule has 1 aromatic carbocycles. The van der Waals surface area contributed by atoms with E-state index in [2.05, 4.69) is 0 Å².